The van der Waals surface area contributed by atoms with Gasteiger partial charge in [0.05, 0.1) is 16.7 Å². The molecule has 0 spiro atoms. The van der Waals surface area contributed by atoms with Gasteiger partial charge < -0.3 is 4.98 Å². The molecule has 2 heterocycles. The second-order valence-corrected chi connectivity index (χ2v) is 5.74. The van der Waals surface area contributed by atoms with Crippen molar-refractivity contribution in [3.63, 3.8) is 0 Å². The molecule has 6 nitrogen and oxygen atoms in total. The van der Waals surface area contributed by atoms with E-state index >= 15 is 0 Å². The van der Waals surface area contributed by atoms with Gasteiger partial charge in [0.25, 0.3) is 11.1 Å². The van der Waals surface area contributed by atoms with Crippen LogP contribution in [0.3, 0.4) is 0 Å². The average Bonchev–Trinajstić information content (AvgIpc) is 2.62. The van der Waals surface area contributed by atoms with Crippen molar-refractivity contribution in [2.24, 2.45) is 0 Å². The molecule has 0 aliphatic rings. The zero-order valence-corrected chi connectivity index (χ0v) is 13.4. The average molecular weight is 330 g/mol. The van der Waals surface area contributed by atoms with Crippen molar-refractivity contribution in [3.8, 4) is 17.1 Å². The van der Waals surface area contributed by atoms with Crippen LogP contribution in [0.25, 0.3) is 28.1 Å². The Balaban J connectivity index is 1.91. The van der Waals surface area contributed by atoms with Crippen molar-refractivity contribution in [3.05, 3.63) is 86.9 Å². The highest BCUT2D eigenvalue weighted by molar-refractivity contribution is 5.76. The number of benzene rings is 2. The topological polar surface area (TPSA) is 80.6 Å². The highest BCUT2D eigenvalue weighted by atomic mass is 16.1. The number of H-pyrrole nitrogens is 1. The molecular formula is C19H14N4O2. The fourth-order valence-electron chi connectivity index (χ4n) is 2.61. The van der Waals surface area contributed by atoms with Gasteiger partial charge in [-0.25, -0.2) is 4.98 Å². The van der Waals surface area contributed by atoms with Gasteiger partial charge in [0.15, 0.2) is 5.69 Å². The van der Waals surface area contributed by atoms with E-state index in [2.05, 4.69) is 15.1 Å². The van der Waals surface area contributed by atoms with Crippen LogP contribution >= 0.6 is 0 Å². The quantitative estimate of drug-likeness (QED) is 0.612. The number of nitrogens with one attached hydrogen (secondary N) is 1. The molecule has 4 rings (SSSR count). The molecule has 2 aromatic heterocycles. The second kappa shape index (κ2) is 5.83. The molecule has 25 heavy (non-hydrogen) atoms. The summed E-state index contributed by atoms with van der Waals surface area (Å²) in [6.07, 6.45) is 0. The molecule has 4 aromatic rings. The monoisotopic (exact) mass is 330 g/mol. The summed E-state index contributed by atoms with van der Waals surface area (Å²) in [5.74, 6) is 0. The first-order chi connectivity index (χ1) is 12.1. The molecule has 0 radical (unpaired) electrons. The molecule has 0 saturated carbocycles. The minimum absolute atomic E-state index is 0.180. The van der Waals surface area contributed by atoms with Gasteiger partial charge in [0, 0.05) is 6.07 Å². The number of para-hydroxylation sites is 2. The molecule has 0 aliphatic carbocycles. The number of aryl methyl sites for hydroxylation is 1. The fourth-order valence-corrected chi connectivity index (χ4v) is 2.61. The summed E-state index contributed by atoms with van der Waals surface area (Å²) >= 11 is 0. The van der Waals surface area contributed by atoms with Gasteiger partial charge in [-0.2, -0.15) is 9.78 Å². The minimum atomic E-state index is -0.347. The van der Waals surface area contributed by atoms with E-state index < -0.39 is 0 Å². The van der Waals surface area contributed by atoms with Crippen molar-refractivity contribution in [2.75, 3.05) is 0 Å². The lowest BCUT2D eigenvalue weighted by atomic mass is 10.2. The SMILES string of the molecule is Cc1ccc(-n2nc(-c3nc4ccccc4[nH]c3=O)ccc2=O)cc1. The maximum absolute atomic E-state index is 12.4. The van der Waals surface area contributed by atoms with Gasteiger partial charge in [-0.3, -0.25) is 9.59 Å². The van der Waals surface area contributed by atoms with Crippen molar-refractivity contribution in [1.29, 1.82) is 0 Å². The second-order valence-electron chi connectivity index (χ2n) is 5.74. The number of rotatable bonds is 2. The Morgan fingerprint density at radius 1 is 0.920 bits per heavy atom. The third-order valence-electron chi connectivity index (χ3n) is 3.92. The van der Waals surface area contributed by atoms with Crippen LogP contribution < -0.4 is 11.1 Å². The number of aromatic amines is 1. The van der Waals surface area contributed by atoms with Gasteiger partial charge in [0.2, 0.25) is 0 Å². The largest absolute Gasteiger partial charge is 0.319 e. The maximum atomic E-state index is 12.4. The Bertz CT molecular complexity index is 1190. The Morgan fingerprint density at radius 2 is 1.68 bits per heavy atom. The first-order valence-electron chi connectivity index (χ1n) is 7.79. The standard InChI is InChI=1S/C19H14N4O2/c1-12-6-8-13(9-7-12)23-17(24)11-10-16(22-23)18-19(25)21-15-5-3-2-4-14(15)20-18/h2-11H,1H3,(H,21,25). The predicted octanol–water partition coefficient (Wildman–Crippen LogP) is 2.44. The van der Waals surface area contributed by atoms with E-state index in [0.29, 0.717) is 22.4 Å². The Hall–Kier alpha value is -3.54. The molecule has 2 aromatic carbocycles. The Morgan fingerprint density at radius 3 is 2.48 bits per heavy atom. The highest BCUT2D eigenvalue weighted by Crippen LogP contribution is 2.14. The zero-order valence-electron chi connectivity index (χ0n) is 13.4. The molecule has 0 saturated heterocycles. The van der Waals surface area contributed by atoms with E-state index in [0.717, 1.165) is 5.56 Å². The molecule has 0 unspecified atom stereocenters. The van der Waals surface area contributed by atoms with E-state index in [9.17, 15) is 9.59 Å². The summed E-state index contributed by atoms with van der Waals surface area (Å²) in [7, 11) is 0. The molecule has 0 atom stereocenters. The van der Waals surface area contributed by atoms with Crippen LogP contribution in [-0.2, 0) is 0 Å². The minimum Gasteiger partial charge on any atom is -0.319 e. The lowest BCUT2D eigenvalue weighted by Crippen LogP contribution is -2.22. The van der Waals surface area contributed by atoms with E-state index in [1.165, 1.54) is 16.8 Å². The zero-order chi connectivity index (χ0) is 17.4. The molecule has 0 bridgehead atoms. The highest BCUT2D eigenvalue weighted by Gasteiger charge is 2.11. The number of hydrogen-bond donors (Lipinski definition) is 1. The molecule has 0 aliphatic heterocycles. The third kappa shape index (κ3) is 2.74. The van der Waals surface area contributed by atoms with E-state index in [1.54, 1.807) is 6.07 Å². The van der Waals surface area contributed by atoms with Crippen molar-refractivity contribution in [2.45, 2.75) is 6.92 Å². The summed E-state index contributed by atoms with van der Waals surface area (Å²) in [5, 5.41) is 4.33. The van der Waals surface area contributed by atoms with Crippen LogP contribution in [0.5, 0.6) is 0 Å². The molecule has 6 heteroatoms. The summed E-state index contributed by atoms with van der Waals surface area (Å²) in [6, 6.07) is 17.6. The Labute approximate surface area is 142 Å². The number of hydrogen-bond acceptors (Lipinski definition) is 4. The lowest BCUT2D eigenvalue weighted by Gasteiger charge is -2.07. The molecular weight excluding hydrogens is 316 g/mol. The molecule has 122 valence electrons. The molecule has 1 N–H and O–H groups in total. The smallest absolute Gasteiger partial charge is 0.276 e. The van der Waals surface area contributed by atoms with Crippen molar-refractivity contribution in [1.82, 2.24) is 19.7 Å². The van der Waals surface area contributed by atoms with Gasteiger partial charge in [-0.15, -0.1) is 0 Å². The number of aromatic nitrogens is 4. The predicted molar refractivity (Wildman–Crippen MR) is 95.9 cm³/mol. The van der Waals surface area contributed by atoms with E-state index in [1.807, 2.05) is 49.4 Å². The summed E-state index contributed by atoms with van der Waals surface area (Å²) in [4.78, 5) is 31.7. The van der Waals surface area contributed by atoms with Gasteiger partial charge in [-0.05, 0) is 37.3 Å². The number of nitrogens with zero attached hydrogens (tertiary/aromatic N) is 3. The summed E-state index contributed by atoms with van der Waals surface area (Å²) < 4.78 is 1.27. The van der Waals surface area contributed by atoms with Crippen LogP contribution in [0.2, 0.25) is 0 Å². The van der Waals surface area contributed by atoms with Crippen LogP contribution in [0.1, 0.15) is 5.56 Å². The normalized spacial score (nSPS) is 10.9. The van der Waals surface area contributed by atoms with Crippen LogP contribution in [-0.4, -0.2) is 19.7 Å². The van der Waals surface area contributed by atoms with Gasteiger partial charge >= 0.3 is 0 Å². The molecule has 0 amide bonds. The van der Waals surface area contributed by atoms with Gasteiger partial charge in [0.1, 0.15) is 5.69 Å². The molecule has 0 fully saturated rings. The number of fused-ring (bicyclic) bond motifs is 1. The van der Waals surface area contributed by atoms with E-state index in [-0.39, 0.29) is 16.8 Å². The lowest BCUT2D eigenvalue weighted by molar-refractivity contribution is 0.809. The Kier molecular flexibility index (Phi) is 3.50. The van der Waals surface area contributed by atoms with Crippen LogP contribution in [0, 0.1) is 6.92 Å². The first-order valence-corrected chi connectivity index (χ1v) is 7.79. The first kappa shape index (κ1) is 15.0. The summed E-state index contributed by atoms with van der Waals surface area (Å²) in [5.41, 5.74) is 2.93. The van der Waals surface area contributed by atoms with Crippen LogP contribution in [0.4, 0.5) is 0 Å². The van der Waals surface area contributed by atoms with E-state index in [4.69, 9.17) is 0 Å². The van der Waals surface area contributed by atoms with Crippen molar-refractivity contribution >= 4 is 11.0 Å². The summed E-state index contributed by atoms with van der Waals surface area (Å²) in [6.45, 7) is 1.97. The van der Waals surface area contributed by atoms with Gasteiger partial charge in [-0.1, -0.05) is 29.8 Å². The van der Waals surface area contributed by atoms with Crippen molar-refractivity contribution < 1.29 is 0 Å². The maximum Gasteiger partial charge on any atom is 0.276 e. The van der Waals surface area contributed by atoms with Crippen LogP contribution in [0.15, 0.2) is 70.3 Å². The third-order valence-corrected chi connectivity index (χ3v) is 3.92. The fraction of sp³-hybridized carbons (Fsp3) is 0.0526.